The largest absolute Gasteiger partial charge is 0.468 e. The van der Waals surface area contributed by atoms with Gasteiger partial charge in [0, 0.05) is 30.9 Å². The summed E-state index contributed by atoms with van der Waals surface area (Å²) in [6.07, 6.45) is 2.87. The molecule has 0 radical (unpaired) electrons. The highest BCUT2D eigenvalue weighted by Crippen LogP contribution is 2.29. The second-order valence-electron chi connectivity index (χ2n) is 4.36. The highest BCUT2D eigenvalue weighted by atomic mass is 32.2. The SMILES string of the molecule is CS(=O)(=O)C1CSCCN1C(CN)c1ccco1. The molecule has 7 heteroatoms. The van der Waals surface area contributed by atoms with Crippen LogP contribution in [0.4, 0.5) is 0 Å². The number of rotatable bonds is 4. The van der Waals surface area contributed by atoms with Crippen molar-refractivity contribution in [3.8, 4) is 0 Å². The molecule has 2 atom stereocenters. The van der Waals surface area contributed by atoms with Crippen LogP contribution < -0.4 is 5.73 Å². The zero-order chi connectivity index (χ0) is 13.2. The van der Waals surface area contributed by atoms with Crippen molar-refractivity contribution in [3.05, 3.63) is 24.2 Å². The Morgan fingerprint density at radius 2 is 2.44 bits per heavy atom. The van der Waals surface area contributed by atoms with Crippen molar-refractivity contribution in [2.45, 2.75) is 11.4 Å². The van der Waals surface area contributed by atoms with E-state index < -0.39 is 15.2 Å². The molecule has 1 fully saturated rings. The van der Waals surface area contributed by atoms with E-state index in [1.165, 1.54) is 6.26 Å². The molecule has 2 unspecified atom stereocenters. The molecule has 2 rings (SSSR count). The lowest BCUT2D eigenvalue weighted by molar-refractivity contribution is 0.175. The molecule has 1 saturated heterocycles. The highest BCUT2D eigenvalue weighted by Gasteiger charge is 2.36. The maximum atomic E-state index is 11.9. The number of thioether (sulfide) groups is 1. The van der Waals surface area contributed by atoms with Crippen LogP contribution in [0.1, 0.15) is 11.8 Å². The van der Waals surface area contributed by atoms with Crippen LogP contribution in [-0.2, 0) is 9.84 Å². The lowest BCUT2D eigenvalue weighted by atomic mass is 10.2. The van der Waals surface area contributed by atoms with Crippen molar-refractivity contribution >= 4 is 21.6 Å². The zero-order valence-corrected chi connectivity index (χ0v) is 11.9. The number of nitrogens with zero attached hydrogens (tertiary/aromatic N) is 1. The van der Waals surface area contributed by atoms with E-state index >= 15 is 0 Å². The van der Waals surface area contributed by atoms with E-state index in [0.717, 1.165) is 11.5 Å². The summed E-state index contributed by atoms with van der Waals surface area (Å²) in [5, 5.41) is -0.477. The van der Waals surface area contributed by atoms with Crippen LogP contribution in [-0.4, -0.2) is 49.5 Å². The molecule has 1 aromatic rings. The van der Waals surface area contributed by atoms with Crippen LogP contribution in [0, 0.1) is 0 Å². The van der Waals surface area contributed by atoms with Crippen molar-refractivity contribution in [2.75, 3.05) is 30.9 Å². The molecule has 2 heterocycles. The van der Waals surface area contributed by atoms with Gasteiger partial charge in [-0.1, -0.05) is 0 Å². The molecular formula is C11H18N2O3S2. The second kappa shape index (κ2) is 5.64. The fourth-order valence-corrected chi connectivity index (χ4v) is 5.14. The first-order chi connectivity index (χ1) is 8.54. The second-order valence-corrected chi connectivity index (χ2v) is 7.72. The summed E-state index contributed by atoms with van der Waals surface area (Å²) in [6, 6.07) is 3.48. The third-order valence-corrected chi connectivity index (χ3v) is 5.77. The minimum atomic E-state index is -3.11. The Bertz CT molecular complexity index is 472. The minimum Gasteiger partial charge on any atom is -0.468 e. The van der Waals surface area contributed by atoms with Gasteiger partial charge in [0.2, 0.25) is 0 Å². The van der Waals surface area contributed by atoms with Gasteiger partial charge in [-0.2, -0.15) is 11.8 Å². The molecule has 1 aromatic heterocycles. The minimum absolute atomic E-state index is 0.166. The molecule has 0 amide bonds. The van der Waals surface area contributed by atoms with Crippen molar-refractivity contribution in [1.82, 2.24) is 4.90 Å². The molecule has 0 aliphatic carbocycles. The summed E-state index contributed by atoms with van der Waals surface area (Å²) in [5.41, 5.74) is 5.80. The average molecular weight is 290 g/mol. The van der Waals surface area contributed by atoms with Crippen LogP contribution in [0.5, 0.6) is 0 Å². The van der Waals surface area contributed by atoms with Gasteiger partial charge in [-0.15, -0.1) is 0 Å². The van der Waals surface area contributed by atoms with E-state index in [0.29, 0.717) is 18.8 Å². The summed E-state index contributed by atoms with van der Waals surface area (Å²) in [7, 11) is -3.11. The van der Waals surface area contributed by atoms with Crippen molar-refractivity contribution in [2.24, 2.45) is 5.73 Å². The fourth-order valence-electron chi connectivity index (χ4n) is 2.22. The van der Waals surface area contributed by atoms with Gasteiger partial charge in [-0.3, -0.25) is 4.90 Å². The topological polar surface area (TPSA) is 76.5 Å². The summed E-state index contributed by atoms with van der Waals surface area (Å²) in [4.78, 5) is 1.95. The van der Waals surface area contributed by atoms with Crippen LogP contribution in [0.2, 0.25) is 0 Å². The van der Waals surface area contributed by atoms with E-state index in [1.807, 2.05) is 11.0 Å². The first-order valence-electron chi connectivity index (χ1n) is 5.80. The molecule has 0 aromatic carbocycles. The predicted octanol–water partition coefficient (Wildman–Crippen LogP) is 0.699. The Kier molecular flexibility index (Phi) is 4.37. The van der Waals surface area contributed by atoms with Crippen molar-refractivity contribution in [3.63, 3.8) is 0 Å². The van der Waals surface area contributed by atoms with Gasteiger partial charge in [-0.05, 0) is 12.1 Å². The summed E-state index contributed by atoms with van der Waals surface area (Å²) < 4.78 is 29.1. The first kappa shape index (κ1) is 13.9. The lowest BCUT2D eigenvalue weighted by Gasteiger charge is -2.38. The van der Waals surface area contributed by atoms with Gasteiger partial charge in [0.1, 0.15) is 11.1 Å². The monoisotopic (exact) mass is 290 g/mol. The van der Waals surface area contributed by atoms with Crippen LogP contribution in [0.3, 0.4) is 0 Å². The Labute approximate surface area is 112 Å². The van der Waals surface area contributed by atoms with Gasteiger partial charge in [-0.25, -0.2) is 8.42 Å². The first-order valence-corrected chi connectivity index (χ1v) is 8.91. The molecule has 1 aliphatic heterocycles. The van der Waals surface area contributed by atoms with Crippen LogP contribution in [0.25, 0.3) is 0 Å². The van der Waals surface area contributed by atoms with Gasteiger partial charge >= 0.3 is 0 Å². The summed E-state index contributed by atoms with van der Waals surface area (Å²) in [5.74, 6) is 2.25. The van der Waals surface area contributed by atoms with Crippen molar-refractivity contribution < 1.29 is 12.8 Å². The number of nitrogens with two attached hydrogens (primary N) is 1. The number of hydrogen-bond acceptors (Lipinski definition) is 6. The van der Waals surface area contributed by atoms with Gasteiger partial charge in [0.25, 0.3) is 0 Å². The Hall–Kier alpha value is -0.500. The molecular weight excluding hydrogens is 272 g/mol. The van der Waals surface area contributed by atoms with Gasteiger partial charge in [0.05, 0.1) is 12.3 Å². The molecule has 0 spiro atoms. The van der Waals surface area contributed by atoms with Crippen LogP contribution in [0.15, 0.2) is 22.8 Å². The average Bonchev–Trinajstić information content (AvgIpc) is 2.83. The molecule has 18 heavy (non-hydrogen) atoms. The third-order valence-electron chi connectivity index (χ3n) is 3.11. The van der Waals surface area contributed by atoms with E-state index in [9.17, 15) is 8.42 Å². The maximum absolute atomic E-state index is 11.9. The normalized spacial score (nSPS) is 24.0. The Balaban J connectivity index is 2.27. The number of furan rings is 1. The van der Waals surface area contributed by atoms with E-state index in [-0.39, 0.29) is 6.04 Å². The van der Waals surface area contributed by atoms with Crippen LogP contribution >= 0.6 is 11.8 Å². The van der Waals surface area contributed by atoms with Gasteiger partial charge in [0.15, 0.2) is 9.84 Å². The Morgan fingerprint density at radius 3 is 3.00 bits per heavy atom. The molecule has 5 nitrogen and oxygen atoms in total. The quantitative estimate of drug-likeness (QED) is 0.879. The molecule has 0 saturated carbocycles. The maximum Gasteiger partial charge on any atom is 0.164 e. The third kappa shape index (κ3) is 2.90. The fraction of sp³-hybridized carbons (Fsp3) is 0.636. The highest BCUT2D eigenvalue weighted by molar-refractivity contribution is 8.00. The smallest absolute Gasteiger partial charge is 0.164 e. The van der Waals surface area contributed by atoms with Gasteiger partial charge < -0.3 is 10.2 Å². The molecule has 1 aliphatic rings. The zero-order valence-electron chi connectivity index (χ0n) is 10.3. The molecule has 0 bridgehead atoms. The molecule has 2 N–H and O–H groups in total. The summed E-state index contributed by atoms with van der Waals surface area (Å²) >= 11 is 1.67. The summed E-state index contributed by atoms with van der Waals surface area (Å²) in [6.45, 7) is 1.06. The lowest BCUT2D eigenvalue weighted by Crippen LogP contribution is -2.50. The standard InChI is InChI=1S/C11H18N2O3S2/c1-18(14,15)11-8-17-6-4-13(11)9(7-12)10-3-2-5-16-10/h2-3,5,9,11H,4,6-8,12H2,1H3. The number of hydrogen-bond donors (Lipinski definition) is 1. The number of sulfone groups is 1. The predicted molar refractivity (Wildman–Crippen MR) is 73.2 cm³/mol. The van der Waals surface area contributed by atoms with E-state index in [2.05, 4.69) is 0 Å². The molecule has 102 valence electrons. The van der Waals surface area contributed by atoms with E-state index in [1.54, 1.807) is 24.1 Å². The van der Waals surface area contributed by atoms with Crippen molar-refractivity contribution in [1.29, 1.82) is 0 Å². The van der Waals surface area contributed by atoms with E-state index in [4.69, 9.17) is 10.2 Å². The Morgan fingerprint density at radius 1 is 1.67 bits per heavy atom.